The Kier molecular flexibility index (Phi) is 5.58. The van der Waals surface area contributed by atoms with Crippen molar-refractivity contribution in [3.05, 3.63) is 22.2 Å². The summed E-state index contributed by atoms with van der Waals surface area (Å²) in [4.78, 5) is 0.110. The Bertz CT molecular complexity index is 516. The largest absolute Gasteiger partial charge is 0.495 e. The fourth-order valence-electron chi connectivity index (χ4n) is 1.36. The van der Waals surface area contributed by atoms with Crippen LogP contribution in [0.5, 0.6) is 5.75 Å². The number of sulfonamides is 1. The van der Waals surface area contributed by atoms with E-state index in [-0.39, 0.29) is 11.4 Å². The van der Waals surface area contributed by atoms with Crippen LogP contribution in [0.3, 0.4) is 0 Å². The Morgan fingerprint density at radius 3 is 2.56 bits per heavy atom. The summed E-state index contributed by atoms with van der Waals surface area (Å²) in [5, 5.41) is 0. The number of ether oxygens (including phenoxy) is 2. The Hall–Kier alpha value is -0.630. The zero-order valence-corrected chi connectivity index (χ0v) is 12.9. The van der Waals surface area contributed by atoms with Crippen molar-refractivity contribution >= 4 is 26.0 Å². The quantitative estimate of drug-likeness (QED) is 0.802. The van der Waals surface area contributed by atoms with Gasteiger partial charge in [0.2, 0.25) is 10.0 Å². The fraction of sp³-hybridized carbons (Fsp3) is 0.455. The maximum atomic E-state index is 12.1. The molecule has 0 atom stereocenters. The fourth-order valence-corrected chi connectivity index (χ4v) is 3.04. The van der Waals surface area contributed by atoms with E-state index in [9.17, 15) is 8.42 Å². The molecule has 0 heterocycles. The molecule has 0 unspecified atom stereocenters. The standard InChI is InChI=1S/C11H16BrNO4S/c1-8-6-10(17-3)11(7-9(8)12)18(14,15)13-4-5-16-2/h6-7,13H,4-5H2,1-3H3. The van der Waals surface area contributed by atoms with Crippen LogP contribution in [0.1, 0.15) is 5.56 Å². The molecular weight excluding hydrogens is 322 g/mol. The van der Waals surface area contributed by atoms with Crippen molar-refractivity contribution in [1.82, 2.24) is 4.72 Å². The van der Waals surface area contributed by atoms with Gasteiger partial charge in [-0.05, 0) is 24.6 Å². The first-order valence-electron chi connectivity index (χ1n) is 5.25. The molecule has 0 aromatic heterocycles. The zero-order chi connectivity index (χ0) is 13.8. The predicted molar refractivity (Wildman–Crippen MR) is 72.5 cm³/mol. The van der Waals surface area contributed by atoms with Gasteiger partial charge in [0.1, 0.15) is 10.6 Å². The summed E-state index contributed by atoms with van der Waals surface area (Å²) < 4.78 is 37.2. The lowest BCUT2D eigenvalue weighted by Gasteiger charge is -2.12. The molecule has 1 N–H and O–H groups in total. The third-order valence-electron chi connectivity index (χ3n) is 2.33. The highest BCUT2D eigenvalue weighted by Gasteiger charge is 2.20. The number of hydrogen-bond donors (Lipinski definition) is 1. The van der Waals surface area contributed by atoms with Crippen LogP contribution in [-0.4, -0.2) is 35.8 Å². The average molecular weight is 338 g/mol. The van der Waals surface area contributed by atoms with Crippen molar-refractivity contribution < 1.29 is 17.9 Å². The lowest BCUT2D eigenvalue weighted by molar-refractivity contribution is 0.204. The van der Waals surface area contributed by atoms with E-state index in [2.05, 4.69) is 20.7 Å². The molecule has 5 nitrogen and oxygen atoms in total. The zero-order valence-electron chi connectivity index (χ0n) is 10.5. The van der Waals surface area contributed by atoms with Gasteiger partial charge in [-0.2, -0.15) is 0 Å². The Morgan fingerprint density at radius 1 is 1.33 bits per heavy atom. The van der Waals surface area contributed by atoms with Crippen molar-refractivity contribution in [3.8, 4) is 5.75 Å². The molecule has 0 spiro atoms. The minimum absolute atomic E-state index is 0.110. The molecule has 0 aliphatic carbocycles. The minimum Gasteiger partial charge on any atom is -0.495 e. The summed E-state index contributed by atoms with van der Waals surface area (Å²) in [7, 11) is -0.647. The van der Waals surface area contributed by atoms with Crippen molar-refractivity contribution in [2.24, 2.45) is 0 Å². The summed E-state index contributed by atoms with van der Waals surface area (Å²) in [6.45, 7) is 2.39. The molecule has 0 aliphatic heterocycles. The van der Waals surface area contributed by atoms with Crippen LogP contribution in [0, 0.1) is 6.92 Å². The van der Waals surface area contributed by atoms with E-state index in [0.717, 1.165) is 10.0 Å². The molecule has 0 aliphatic rings. The lowest BCUT2D eigenvalue weighted by atomic mass is 10.2. The number of nitrogens with one attached hydrogen (secondary N) is 1. The van der Waals surface area contributed by atoms with Crippen LogP contribution < -0.4 is 9.46 Å². The van der Waals surface area contributed by atoms with Gasteiger partial charge in [-0.25, -0.2) is 13.1 Å². The van der Waals surface area contributed by atoms with Gasteiger partial charge in [0, 0.05) is 18.1 Å². The molecule has 1 rings (SSSR count). The number of halogens is 1. The van der Waals surface area contributed by atoms with Crippen molar-refractivity contribution in [2.45, 2.75) is 11.8 Å². The molecule has 1 aromatic carbocycles. The van der Waals surface area contributed by atoms with Gasteiger partial charge >= 0.3 is 0 Å². The Balaban J connectivity index is 3.11. The van der Waals surface area contributed by atoms with Gasteiger partial charge in [-0.3, -0.25) is 0 Å². The van der Waals surface area contributed by atoms with E-state index in [1.807, 2.05) is 6.92 Å². The molecule has 0 saturated carbocycles. The third kappa shape index (κ3) is 3.68. The Morgan fingerprint density at radius 2 is 2.00 bits per heavy atom. The van der Waals surface area contributed by atoms with Gasteiger partial charge in [0.15, 0.2) is 0 Å². The van der Waals surface area contributed by atoms with Gasteiger partial charge in [0.25, 0.3) is 0 Å². The monoisotopic (exact) mass is 337 g/mol. The second kappa shape index (κ2) is 6.51. The van der Waals surface area contributed by atoms with Crippen molar-refractivity contribution in [1.29, 1.82) is 0 Å². The SMILES string of the molecule is COCCNS(=O)(=O)c1cc(Br)c(C)cc1OC. The molecule has 0 saturated heterocycles. The van der Waals surface area contributed by atoms with Crippen LogP contribution in [0.2, 0.25) is 0 Å². The highest BCUT2D eigenvalue weighted by atomic mass is 79.9. The maximum absolute atomic E-state index is 12.1. The van der Waals surface area contributed by atoms with E-state index < -0.39 is 10.0 Å². The second-order valence-electron chi connectivity index (χ2n) is 3.64. The van der Waals surface area contributed by atoms with Crippen LogP contribution in [-0.2, 0) is 14.8 Å². The third-order valence-corrected chi connectivity index (χ3v) is 4.67. The van der Waals surface area contributed by atoms with Gasteiger partial charge in [-0.1, -0.05) is 15.9 Å². The number of aryl methyl sites for hydroxylation is 1. The minimum atomic E-state index is -3.60. The molecule has 0 bridgehead atoms. The number of benzene rings is 1. The molecule has 0 fully saturated rings. The average Bonchev–Trinajstić information content (AvgIpc) is 2.32. The summed E-state index contributed by atoms with van der Waals surface area (Å²) in [6, 6.07) is 3.21. The predicted octanol–water partition coefficient (Wildman–Crippen LogP) is 1.69. The van der Waals surface area contributed by atoms with Crippen LogP contribution in [0.4, 0.5) is 0 Å². The number of rotatable bonds is 6. The molecule has 7 heteroatoms. The van der Waals surface area contributed by atoms with E-state index in [1.54, 1.807) is 6.07 Å². The first kappa shape index (κ1) is 15.4. The van der Waals surface area contributed by atoms with E-state index in [4.69, 9.17) is 9.47 Å². The smallest absolute Gasteiger partial charge is 0.244 e. The number of methoxy groups -OCH3 is 2. The molecule has 0 radical (unpaired) electrons. The lowest BCUT2D eigenvalue weighted by Crippen LogP contribution is -2.27. The van der Waals surface area contributed by atoms with Gasteiger partial charge in [0.05, 0.1) is 13.7 Å². The first-order valence-corrected chi connectivity index (χ1v) is 7.52. The normalized spacial score (nSPS) is 11.6. The van der Waals surface area contributed by atoms with Crippen molar-refractivity contribution in [2.75, 3.05) is 27.4 Å². The molecule has 18 heavy (non-hydrogen) atoms. The van der Waals surface area contributed by atoms with E-state index >= 15 is 0 Å². The molecule has 0 amide bonds. The highest BCUT2D eigenvalue weighted by molar-refractivity contribution is 9.10. The first-order chi connectivity index (χ1) is 8.42. The Labute approximate surface area is 116 Å². The summed E-state index contributed by atoms with van der Waals surface area (Å²) in [5.41, 5.74) is 0.905. The van der Waals surface area contributed by atoms with Crippen LogP contribution in [0.15, 0.2) is 21.5 Å². The van der Waals surface area contributed by atoms with Crippen LogP contribution in [0.25, 0.3) is 0 Å². The van der Waals surface area contributed by atoms with E-state index in [1.165, 1.54) is 20.3 Å². The van der Waals surface area contributed by atoms with Crippen molar-refractivity contribution in [3.63, 3.8) is 0 Å². The second-order valence-corrected chi connectivity index (χ2v) is 6.23. The summed E-state index contributed by atoms with van der Waals surface area (Å²) in [5.74, 6) is 0.320. The van der Waals surface area contributed by atoms with Crippen LogP contribution >= 0.6 is 15.9 Å². The molecule has 1 aromatic rings. The number of hydrogen-bond acceptors (Lipinski definition) is 4. The summed E-state index contributed by atoms with van der Waals surface area (Å²) in [6.07, 6.45) is 0. The topological polar surface area (TPSA) is 64.6 Å². The van der Waals surface area contributed by atoms with Gasteiger partial charge in [-0.15, -0.1) is 0 Å². The van der Waals surface area contributed by atoms with Gasteiger partial charge < -0.3 is 9.47 Å². The van der Waals surface area contributed by atoms with E-state index in [0.29, 0.717) is 12.4 Å². The highest BCUT2D eigenvalue weighted by Crippen LogP contribution is 2.30. The summed E-state index contributed by atoms with van der Waals surface area (Å²) >= 11 is 3.31. The molecule has 102 valence electrons. The molecular formula is C11H16BrNO4S. The maximum Gasteiger partial charge on any atom is 0.244 e.